The number of carbonyl (C=O) groups is 5. The number of amides is 5. The summed E-state index contributed by atoms with van der Waals surface area (Å²) in [6.45, 7) is 10.2. The minimum Gasteiger partial charge on any atom is -0.494 e. The molecule has 2 bridgehead atoms. The lowest BCUT2D eigenvalue weighted by Crippen LogP contribution is -2.62. The van der Waals surface area contributed by atoms with E-state index in [1.54, 1.807) is 32.8 Å². The summed E-state index contributed by atoms with van der Waals surface area (Å²) in [4.78, 5) is 81.0. The van der Waals surface area contributed by atoms with E-state index in [1.165, 1.54) is 39.5 Å². The Morgan fingerprint density at radius 2 is 1.74 bits per heavy atom. The SMILES string of the molecule is CN[C@H](C)C(=O)N[C@@H](C(=O)N1Cc2cc(OCCCCCCCCC(=O)NCCn3nc4c(c3C#N)-c3cnc(N)c(n3)O[C@H](C)c3cc(F)ccc3C(=O)N(C)C4)ccc2C[C@@H]1C(=O)N[C@H]1CCCc2ccccc21)C(C)(C)C. The van der Waals surface area contributed by atoms with Crippen LogP contribution in [-0.2, 0) is 51.7 Å². The fourth-order valence-corrected chi connectivity index (χ4v) is 10.7. The molecule has 19 nitrogen and oxygen atoms in total. The predicted molar refractivity (Wildman–Crippen MR) is 299 cm³/mol. The molecule has 0 fully saturated rings. The topological polar surface area (TPSA) is 252 Å². The predicted octanol–water partition coefficient (Wildman–Crippen LogP) is 7.17. The molecular weight excluding hydrogens is 1020 g/mol. The first kappa shape index (κ1) is 58.2. The first-order valence-electron chi connectivity index (χ1n) is 27.9. The van der Waals surface area contributed by atoms with Gasteiger partial charge in [-0.25, -0.2) is 14.4 Å². The molecule has 424 valence electrons. The van der Waals surface area contributed by atoms with E-state index < -0.39 is 41.4 Å². The number of hydrogen-bond acceptors (Lipinski definition) is 13. The molecule has 0 radical (unpaired) electrons. The van der Waals surface area contributed by atoms with E-state index in [4.69, 9.17) is 20.3 Å². The van der Waals surface area contributed by atoms with Crippen molar-refractivity contribution in [2.24, 2.45) is 5.41 Å². The van der Waals surface area contributed by atoms with Crippen molar-refractivity contribution in [1.29, 1.82) is 5.26 Å². The number of nitrogens with one attached hydrogen (secondary N) is 4. The maximum absolute atomic E-state index is 14.8. The summed E-state index contributed by atoms with van der Waals surface area (Å²) in [6, 6.07) is 17.8. The number of benzene rings is 3. The summed E-state index contributed by atoms with van der Waals surface area (Å²) in [5.41, 5.74) is 11.4. The number of nitrogens with zero attached hydrogens (tertiary/aromatic N) is 7. The lowest BCUT2D eigenvalue weighted by Gasteiger charge is -2.41. The van der Waals surface area contributed by atoms with E-state index in [-0.39, 0.29) is 84.5 Å². The molecule has 80 heavy (non-hydrogen) atoms. The van der Waals surface area contributed by atoms with Crippen LogP contribution in [0.5, 0.6) is 11.6 Å². The smallest absolute Gasteiger partial charge is 0.258 e. The second kappa shape index (κ2) is 25.9. The number of nitrogen functional groups attached to an aromatic ring is 1. The molecule has 0 unspecified atom stereocenters. The third-order valence-corrected chi connectivity index (χ3v) is 15.4. The third kappa shape index (κ3) is 13.7. The fourth-order valence-electron chi connectivity index (χ4n) is 10.7. The van der Waals surface area contributed by atoms with Gasteiger partial charge in [-0.1, -0.05) is 76.8 Å². The van der Waals surface area contributed by atoms with E-state index in [0.717, 1.165) is 68.1 Å². The zero-order valence-electron chi connectivity index (χ0n) is 47.0. The molecule has 5 amide bonds. The van der Waals surface area contributed by atoms with Crippen LogP contribution >= 0.6 is 0 Å². The molecular formula is C60H75FN12O7. The normalized spacial score (nSPS) is 17.6. The van der Waals surface area contributed by atoms with Crippen LogP contribution in [-0.4, -0.2) is 104 Å². The van der Waals surface area contributed by atoms with E-state index in [2.05, 4.69) is 49.4 Å². The number of carbonyl (C=O) groups excluding carboxylic acids is 5. The van der Waals surface area contributed by atoms with Gasteiger partial charge in [0.1, 0.15) is 41.5 Å². The summed E-state index contributed by atoms with van der Waals surface area (Å²) < 4.78 is 28.2. The number of rotatable bonds is 19. The zero-order valence-corrected chi connectivity index (χ0v) is 47.0. The van der Waals surface area contributed by atoms with E-state index >= 15 is 0 Å². The van der Waals surface area contributed by atoms with Gasteiger partial charge in [-0.15, -0.1) is 0 Å². The van der Waals surface area contributed by atoms with E-state index in [9.17, 15) is 33.6 Å². The van der Waals surface area contributed by atoms with Gasteiger partial charge in [-0.2, -0.15) is 10.4 Å². The second-order valence-electron chi connectivity index (χ2n) is 22.3. The van der Waals surface area contributed by atoms with Crippen molar-refractivity contribution in [3.63, 3.8) is 0 Å². The monoisotopic (exact) mass is 1090 g/mol. The maximum Gasteiger partial charge on any atom is 0.258 e. The van der Waals surface area contributed by atoms with Crippen molar-refractivity contribution in [1.82, 2.24) is 50.8 Å². The molecule has 8 rings (SSSR count). The Morgan fingerprint density at radius 3 is 2.50 bits per heavy atom. The molecule has 5 atom stereocenters. The number of nitrogens with two attached hydrogens (primary N) is 1. The van der Waals surface area contributed by atoms with Crippen molar-refractivity contribution >= 4 is 35.4 Å². The molecule has 2 aliphatic heterocycles. The quantitative estimate of drug-likeness (QED) is 0.0515. The van der Waals surface area contributed by atoms with Crippen LogP contribution in [0.4, 0.5) is 10.2 Å². The van der Waals surface area contributed by atoms with E-state index in [1.807, 2.05) is 51.1 Å². The van der Waals surface area contributed by atoms with Crippen LogP contribution in [0.2, 0.25) is 0 Å². The van der Waals surface area contributed by atoms with Gasteiger partial charge in [0.05, 0.1) is 54.9 Å². The van der Waals surface area contributed by atoms with Gasteiger partial charge < -0.3 is 46.3 Å². The van der Waals surface area contributed by atoms with Gasteiger partial charge in [0.2, 0.25) is 23.6 Å². The second-order valence-corrected chi connectivity index (χ2v) is 22.3. The largest absolute Gasteiger partial charge is 0.494 e. The fraction of sp³-hybridized carbons (Fsp3) is 0.483. The van der Waals surface area contributed by atoms with Crippen molar-refractivity contribution in [3.05, 3.63) is 117 Å². The summed E-state index contributed by atoms with van der Waals surface area (Å²) in [6.07, 6.45) is 9.24. The zero-order chi connectivity index (χ0) is 57.3. The molecule has 6 N–H and O–H groups in total. The molecule has 2 aromatic heterocycles. The highest BCUT2D eigenvalue weighted by molar-refractivity contribution is 5.96. The third-order valence-electron chi connectivity index (χ3n) is 15.4. The van der Waals surface area contributed by atoms with Crippen LogP contribution < -0.4 is 36.5 Å². The average molecular weight is 1100 g/mol. The molecule has 4 heterocycles. The Kier molecular flexibility index (Phi) is 18.9. The molecule has 3 aromatic carbocycles. The average Bonchev–Trinajstić information content (AvgIpc) is 3.79. The summed E-state index contributed by atoms with van der Waals surface area (Å²) >= 11 is 0. The number of ether oxygens (including phenoxy) is 2. The van der Waals surface area contributed by atoms with Gasteiger partial charge in [-0.05, 0) is 111 Å². The van der Waals surface area contributed by atoms with Crippen molar-refractivity contribution in [2.75, 3.05) is 33.0 Å². The Hall–Kier alpha value is -7.92. The molecule has 5 aromatic rings. The Labute approximate surface area is 467 Å². The van der Waals surface area contributed by atoms with Gasteiger partial charge in [0.25, 0.3) is 11.8 Å². The molecule has 20 heteroatoms. The Bertz CT molecular complexity index is 3130. The number of fused-ring (bicyclic) bond motifs is 7. The highest BCUT2D eigenvalue weighted by Crippen LogP contribution is 2.36. The number of unbranched alkanes of at least 4 members (excludes halogenated alkanes) is 5. The standard InChI is InChI=1S/C60H75FN12O7/c1-36(64-6)55(75)69-53(60(3,4)5)59(78)72-34-40-29-42(24-22-39(40)30-49(72)56(76)67-46-20-16-18-38-17-13-14-19-43(38)46)79-28-15-11-9-8-10-12-21-51(74)65-26-27-73-50(32-62)52-47-33-66-54(63)57(68-47)80-37(2)45-31-41(61)23-25-44(45)58(77)71(7)35-48(52)70-73/h13-14,17,19,22-25,29,31,33,36-37,46,49,53,64H,8-12,15-16,18,20-21,26-28,30,34-35H2,1-7H3,(H2,63,66)(H,65,74)(H,67,76)(H,69,75)/t36-,37-,46+,49-,53+/m1/s1. The molecule has 0 saturated heterocycles. The van der Waals surface area contributed by atoms with Crippen LogP contribution in [0.25, 0.3) is 11.3 Å². The molecule has 1 aliphatic carbocycles. The van der Waals surface area contributed by atoms with E-state index in [0.29, 0.717) is 48.4 Å². The first-order chi connectivity index (χ1) is 38.3. The number of halogens is 1. The lowest BCUT2D eigenvalue weighted by molar-refractivity contribution is -0.147. The summed E-state index contributed by atoms with van der Waals surface area (Å²) in [5.74, 6) is -1.27. The van der Waals surface area contributed by atoms with Crippen LogP contribution in [0, 0.1) is 22.6 Å². The van der Waals surface area contributed by atoms with Crippen molar-refractivity contribution in [3.8, 4) is 29.0 Å². The molecule has 0 saturated carbocycles. The van der Waals surface area contributed by atoms with Gasteiger partial charge in [-0.3, -0.25) is 28.7 Å². The molecule has 3 aliphatic rings. The summed E-state index contributed by atoms with van der Waals surface area (Å²) in [7, 11) is 3.28. The minimum atomic E-state index is -0.885. The molecule has 0 spiro atoms. The van der Waals surface area contributed by atoms with Crippen LogP contribution in [0.15, 0.2) is 66.9 Å². The van der Waals surface area contributed by atoms with Crippen LogP contribution in [0.1, 0.15) is 154 Å². The minimum absolute atomic E-state index is 0.0119. The maximum atomic E-state index is 14.8. The Balaban J connectivity index is 0.808. The lowest BCUT2D eigenvalue weighted by atomic mass is 9.83. The highest BCUT2D eigenvalue weighted by Gasteiger charge is 2.43. The van der Waals surface area contributed by atoms with Gasteiger partial charge >= 0.3 is 0 Å². The number of likely N-dealkylation sites (N-methyl/N-ethyl adjacent to an activating group) is 1. The number of aryl methyl sites for hydroxylation is 1. The Morgan fingerprint density at radius 1 is 0.975 bits per heavy atom. The van der Waals surface area contributed by atoms with Gasteiger partial charge in [0.15, 0.2) is 5.82 Å². The first-order valence-corrected chi connectivity index (χ1v) is 27.9. The summed E-state index contributed by atoms with van der Waals surface area (Å²) in [5, 5.41) is 27.3. The van der Waals surface area contributed by atoms with Crippen molar-refractivity contribution in [2.45, 2.75) is 155 Å². The number of aromatic nitrogens is 4. The number of anilines is 1. The van der Waals surface area contributed by atoms with Gasteiger partial charge in [0, 0.05) is 44.1 Å². The number of hydrogen-bond donors (Lipinski definition) is 5. The number of nitriles is 1. The van der Waals surface area contributed by atoms with Crippen molar-refractivity contribution < 1.29 is 37.8 Å². The highest BCUT2D eigenvalue weighted by atomic mass is 19.1. The van der Waals surface area contributed by atoms with Crippen LogP contribution in [0.3, 0.4) is 0 Å².